The summed E-state index contributed by atoms with van der Waals surface area (Å²) < 4.78 is 11.8. The quantitative estimate of drug-likeness (QED) is 0.732. The lowest BCUT2D eigenvalue weighted by Crippen LogP contribution is -2.42. The molecule has 0 aromatic carbocycles. The second-order valence-corrected chi connectivity index (χ2v) is 7.31. The molecule has 116 valence electrons. The van der Waals surface area contributed by atoms with Gasteiger partial charge in [0.2, 0.25) is 0 Å². The van der Waals surface area contributed by atoms with Crippen LogP contribution in [-0.4, -0.2) is 24.5 Å². The Morgan fingerprint density at radius 3 is 2.41 bits per heavy atom. The fourth-order valence-electron chi connectivity index (χ4n) is 5.34. The first-order valence-electron chi connectivity index (χ1n) is 7.95. The number of rotatable bonds is 0. The molecule has 4 atom stereocenters. The van der Waals surface area contributed by atoms with Gasteiger partial charge in [0, 0.05) is 5.41 Å². The van der Waals surface area contributed by atoms with Gasteiger partial charge >= 0.3 is 0 Å². The monoisotopic (exact) mass is 300 g/mol. The highest BCUT2D eigenvalue weighted by Crippen LogP contribution is 2.89. The van der Waals surface area contributed by atoms with Crippen molar-refractivity contribution in [1.82, 2.24) is 0 Å². The van der Waals surface area contributed by atoms with E-state index in [2.05, 4.69) is 24.1 Å². The van der Waals surface area contributed by atoms with Crippen LogP contribution in [0.15, 0.2) is 4.99 Å². The van der Waals surface area contributed by atoms with Crippen molar-refractivity contribution in [3.05, 3.63) is 0 Å². The first kappa shape index (κ1) is 14.0. The van der Waals surface area contributed by atoms with E-state index in [0.29, 0.717) is 12.5 Å². The molecule has 2 N–H and O–H groups in total. The van der Waals surface area contributed by atoms with Crippen LogP contribution in [-0.2, 0) is 9.47 Å². The first-order chi connectivity index (χ1) is 10.5. The van der Waals surface area contributed by atoms with Gasteiger partial charge in [0.25, 0.3) is 5.91 Å². The third-order valence-corrected chi connectivity index (χ3v) is 6.40. The van der Waals surface area contributed by atoms with Crippen LogP contribution in [0.3, 0.4) is 0 Å². The van der Waals surface area contributed by atoms with E-state index in [-0.39, 0.29) is 11.9 Å². The summed E-state index contributed by atoms with van der Waals surface area (Å²) >= 11 is 0. The lowest BCUT2D eigenvalue weighted by molar-refractivity contribution is -0.202. The second kappa shape index (κ2) is 3.82. The number of aliphatic imine (C=N–C) groups is 1. The fraction of sp³-hybridized carbons (Fsp3) is 0.812. The number of amidine groups is 1. The van der Waals surface area contributed by atoms with Crippen LogP contribution in [0.5, 0.6) is 0 Å². The maximum absolute atomic E-state index is 10.1. The third kappa shape index (κ3) is 1.06. The lowest BCUT2D eigenvalue weighted by atomic mass is 9.73. The Morgan fingerprint density at radius 2 is 1.91 bits per heavy atom. The molecular formula is C16H20N4O2. The number of nitriles is 2. The Bertz CT molecular complexity index is 654. The second-order valence-electron chi connectivity index (χ2n) is 7.31. The average Bonchev–Trinajstić information content (AvgIpc) is 2.69. The third-order valence-electron chi connectivity index (χ3n) is 6.40. The van der Waals surface area contributed by atoms with E-state index in [1.807, 2.05) is 6.92 Å². The van der Waals surface area contributed by atoms with E-state index >= 15 is 0 Å². The summed E-state index contributed by atoms with van der Waals surface area (Å²) in [5, 5.41) is 20.0. The molecule has 2 aliphatic carbocycles. The van der Waals surface area contributed by atoms with Gasteiger partial charge in [-0.25, -0.2) is 4.99 Å². The summed E-state index contributed by atoms with van der Waals surface area (Å²) in [6, 6.07) is 4.76. The molecule has 6 nitrogen and oxygen atoms in total. The van der Waals surface area contributed by atoms with Gasteiger partial charge in [0.1, 0.15) is 11.3 Å². The summed E-state index contributed by atoms with van der Waals surface area (Å²) in [5.41, 5.74) is 3.55. The van der Waals surface area contributed by atoms with Gasteiger partial charge in [0.15, 0.2) is 5.41 Å². The molecule has 6 heteroatoms. The predicted molar refractivity (Wildman–Crippen MR) is 77.0 cm³/mol. The van der Waals surface area contributed by atoms with Crippen molar-refractivity contribution in [2.75, 3.05) is 6.61 Å². The molecule has 22 heavy (non-hydrogen) atoms. The van der Waals surface area contributed by atoms with Crippen LogP contribution in [0, 0.1) is 44.8 Å². The van der Waals surface area contributed by atoms with E-state index in [0.717, 1.165) is 25.7 Å². The molecule has 3 fully saturated rings. The number of fused-ring (bicyclic) bond motifs is 4. The van der Waals surface area contributed by atoms with E-state index in [1.54, 1.807) is 0 Å². The molecule has 0 bridgehead atoms. The number of nitrogens with zero attached hydrogens (tertiary/aromatic N) is 3. The summed E-state index contributed by atoms with van der Waals surface area (Å²) in [6.45, 7) is 4.46. The maximum Gasteiger partial charge on any atom is 0.293 e. The standard InChI is InChI=1S/C16H20N4O2/c1-10-3-5-13(6-4-10)14(8-17)12(19)20-16(15(13,14)9-18)21-7-11(2)22-16/h10-11H,3-7H2,1-2H3,(H2,19,20)/t10?,11-,13?,14-,15+,16+/m0/s1. The Balaban J connectivity index is 1.89. The summed E-state index contributed by atoms with van der Waals surface area (Å²) in [7, 11) is 0. The Hall–Kier alpha value is -1.63. The minimum absolute atomic E-state index is 0.156. The van der Waals surface area contributed by atoms with Crippen molar-refractivity contribution in [3.8, 4) is 12.1 Å². The van der Waals surface area contributed by atoms with Crippen LogP contribution in [0.1, 0.15) is 39.5 Å². The van der Waals surface area contributed by atoms with Gasteiger partial charge in [-0.05, 0) is 25.7 Å². The SMILES string of the molecule is CC1CCC2(CC1)[C@@]1(C#N)[C@@]3(N=C(N)[C@@]21C#N)OC[C@H](C)O3. The van der Waals surface area contributed by atoms with Crippen LogP contribution < -0.4 is 5.73 Å². The molecule has 0 unspecified atom stereocenters. The van der Waals surface area contributed by atoms with Crippen LogP contribution in [0.2, 0.25) is 0 Å². The van der Waals surface area contributed by atoms with Crippen molar-refractivity contribution < 1.29 is 9.47 Å². The van der Waals surface area contributed by atoms with E-state index in [4.69, 9.17) is 15.2 Å². The van der Waals surface area contributed by atoms with Crippen LogP contribution in [0.25, 0.3) is 0 Å². The lowest BCUT2D eigenvalue weighted by Gasteiger charge is -2.35. The molecule has 4 aliphatic rings. The average molecular weight is 300 g/mol. The normalized spacial score (nSPS) is 55.5. The highest BCUT2D eigenvalue weighted by Gasteiger charge is 3.00. The van der Waals surface area contributed by atoms with E-state index < -0.39 is 22.2 Å². The topological polar surface area (TPSA) is 104 Å². The summed E-state index contributed by atoms with van der Waals surface area (Å²) in [4.78, 5) is 4.36. The Kier molecular flexibility index (Phi) is 2.43. The molecule has 2 aliphatic heterocycles. The van der Waals surface area contributed by atoms with Gasteiger partial charge in [-0.2, -0.15) is 10.5 Å². The van der Waals surface area contributed by atoms with E-state index in [9.17, 15) is 10.5 Å². The molecule has 0 aromatic rings. The number of nitrogens with two attached hydrogens (primary N) is 1. The molecule has 2 saturated carbocycles. The van der Waals surface area contributed by atoms with Gasteiger partial charge < -0.3 is 15.2 Å². The van der Waals surface area contributed by atoms with Crippen molar-refractivity contribution >= 4 is 5.84 Å². The number of ether oxygens (including phenoxy) is 2. The number of hydrogen-bond donors (Lipinski definition) is 1. The largest absolute Gasteiger partial charge is 0.386 e. The van der Waals surface area contributed by atoms with Crippen molar-refractivity contribution in [2.24, 2.45) is 32.9 Å². The zero-order chi connectivity index (χ0) is 15.8. The van der Waals surface area contributed by atoms with Crippen molar-refractivity contribution in [3.63, 3.8) is 0 Å². The minimum Gasteiger partial charge on any atom is -0.386 e. The minimum atomic E-state index is -1.39. The van der Waals surface area contributed by atoms with Gasteiger partial charge in [-0.15, -0.1) is 0 Å². The highest BCUT2D eigenvalue weighted by molar-refractivity contribution is 6.00. The molecule has 1 saturated heterocycles. The zero-order valence-corrected chi connectivity index (χ0v) is 12.9. The van der Waals surface area contributed by atoms with Crippen LogP contribution >= 0.6 is 0 Å². The molecule has 4 rings (SSSR count). The van der Waals surface area contributed by atoms with Gasteiger partial charge in [-0.3, -0.25) is 0 Å². The smallest absolute Gasteiger partial charge is 0.293 e. The molecule has 0 radical (unpaired) electrons. The Labute approximate surface area is 129 Å². The number of hydrogen-bond acceptors (Lipinski definition) is 6. The van der Waals surface area contributed by atoms with Crippen LogP contribution in [0.4, 0.5) is 0 Å². The first-order valence-corrected chi connectivity index (χ1v) is 7.95. The fourth-order valence-corrected chi connectivity index (χ4v) is 5.34. The van der Waals surface area contributed by atoms with Gasteiger partial charge in [-0.1, -0.05) is 19.8 Å². The summed E-state index contributed by atoms with van der Waals surface area (Å²) in [6.07, 6.45) is 3.43. The molecule has 0 aromatic heterocycles. The maximum atomic E-state index is 10.1. The molecular weight excluding hydrogens is 280 g/mol. The summed E-state index contributed by atoms with van der Waals surface area (Å²) in [5.74, 6) is -0.557. The molecule has 2 heterocycles. The Morgan fingerprint density at radius 1 is 1.23 bits per heavy atom. The van der Waals surface area contributed by atoms with E-state index in [1.165, 1.54) is 0 Å². The van der Waals surface area contributed by atoms with Crippen molar-refractivity contribution in [1.29, 1.82) is 10.5 Å². The molecule has 0 amide bonds. The van der Waals surface area contributed by atoms with Gasteiger partial charge in [0.05, 0.1) is 24.8 Å². The zero-order valence-electron chi connectivity index (χ0n) is 12.9. The van der Waals surface area contributed by atoms with Crippen molar-refractivity contribution in [2.45, 2.75) is 51.5 Å². The highest BCUT2D eigenvalue weighted by atomic mass is 16.8. The predicted octanol–water partition coefficient (Wildman–Crippen LogP) is 1.68. The molecule has 2 spiro atoms.